The van der Waals surface area contributed by atoms with Gasteiger partial charge in [-0.05, 0) is 32.3 Å². The smallest absolute Gasteiger partial charge is 0.0511 e. The van der Waals surface area contributed by atoms with Crippen LogP contribution in [0.2, 0.25) is 0 Å². The van der Waals surface area contributed by atoms with Crippen molar-refractivity contribution in [2.45, 2.75) is 32.1 Å². The summed E-state index contributed by atoms with van der Waals surface area (Å²) in [6.45, 7) is 5.91. The molecule has 1 aromatic carbocycles. The number of alkyl halides is 1. The molecule has 1 heterocycles. The highest BCUT2D eigenvalue weighted by atomic mass is 35.5. The molecule has 1 aliphatic heterocycles. The molecule has 0 amide bonds. The number of hydrogen-bond acceptors (Lipinski definition) is 1. The molecule has 0 bridgehead atoms. The van der Waals surface area contributed by atoms with Crippen LogP contribution in [0.1, 0.15) is 23.1 Å². The van der Waals surface area contributed by atoms with Gasteiger partial charge in [0.05, 0.1) is 6.61 Å². The Morgan fingerprint density at radius 3 is 2.56 bits per heavy atom. The van der Waals surface area contributed by atoms with E-state index in [4.69, 9.17) is 16.3 Å². The minimum Gasteiger partial charge on any atom is -0.381 e. The van der Waals surface area contributed by atoms with E-state index in [2.05, 4.69) is 32.0 Å². The third-order valence-electron chi connectivity index (χ3n) is 3.16. The Labute approximate surface area is 103 Å². The molecular weight excluding hydrogens is 220 g/mol. The van der Waals surface area contributed by atoms with Crippen molar-refractivity contribution in [1.29, 1.82) is 0 Å². The van der Waals surface area contributed by atoms with E-state index >= 15 is 0 Å². The first-order valence-electron chi connectivity index (χ1n) is 5.94. The minimum atomic E-state index is 0.273. The number of benzene rings is 1. The summed E-state index contributed by atoms with van der Waals surface area (Å²) in [4.78, 5) is 0. The van der Waals surface area contributed by atoms with Crippen molar-refractivity contribution in [3.8, 4) is 0 Å². The largest absolute Gasteiger partial charge is 0.381 e. The summed E-state index contributed by atoms with van der Waals surface area (Å²) in [6.07, 6.45) is 2.02. The summed E-state index contributed by atoms with van der Waals surface area (Å²) in [5.74, 6) is 0.469. The predicted octanol–water partition coefficient (Wildman–Crippen LogP) is 3.49. The van der Waals surface area contributed by atoms with Crippen LogP contribution in [0, 0.1) is 19.8 Å². The summed E-state index contributed by atoms with van der Waals surface area (Å²) >= 11 is 6.33. The lowest BCUT2D eigenvalue weighted by atomic mass is 9.92. The zero-order valence-corrected chi connectivity index (χ0v) is 10.8. The maximum absolute atomic E-state index is 6.33. The molecule has 0 spiro atoms. The Bertz CT molecular complexity index is 342. The van der Waals surface area contributed by atoms with E-state index in [9.17, 15) is 0 Å². The van der Waals surface area contributed by atoms with Crippen molar-refractivity contribution in [3.05, 3.63) is 34.9 Å². The first-order chi connectivity index (χ1) is 7.65. The lowest BCUT2D eigenvalue weighted by Gasteiger charge is -2.27. The molecule has 0 N–H and O–H groups in total. The molecule has 1 aromatic rings. The average Bonchev–Trinajstić information content (AvgIpc) is 2.20. The van der Waals surface area contributed by atoms with Crippen LogP contribution < -0.4 is 0 Å². The Balaban J connectivity index is 2.07. The van der Waals surface area contributed by atoms with Gasteiger partial charge in [-0.2, -0.15) is 0 Å². The van der Waals surface area contributed by atoms with Crippen LogP contribution in [0.3, 0.4) is 0 Å². The molecule has 16 heavy (non-hydrogen) atoms. The Morgan fingerprint density at radius 1 is 1.25 bits per heavy atom. The Hall–Kier alpha value is -0.530. The van der Waals surface area contributed by atoms with Gasteiger partial charge >= 0.3 is 0 Å². The lowest BCUT2D eigenvalue weighted by molar-refractivity contribution is 0.0578. The second-order valence-electron chi connectivity index (χ2n) is 4.84. The fourth-order valence-corrected chi connectivity index (χ4v) is 2.70. The van der Waals surface area contributed by atoms with Crippen molar-refractivity contribution in [2.75, 3.05) is 13.2 Å². The van der Waals surface area contributed by atoms with E-state index in [-0.39, 0.29) is 5.38 Å². The molecule has 0 aromatic heterocycles. The number of ether oxygens (including phenoxy) is 1. The van der Waals surface area contributed by atoms with Crippen LogP contribution in [0.15, 0.2) is 18.2 Å². The average molecular weight is 239 g/mol. The second kappa shape index (κ2) is 5.20. The van der Waals surface area contributed by atoms with Gasteiger partial charge in [-0.15, -0.1) is 11.6 Å². The van der Waals surface area contributed by atoms with E-state index in [1.807, 2.05) is 0 Å². The molecule has 88 valence electrons. The van der Waals surface area contributed by atoms with E-state index in [1.54, 1.807) is 0 Å². The summed E-state index contributed by atoms with van der Waals surface area (Å²) in [6, 6.07) is 6.72. The fourth-order valence-electron chi connectivity index (χ4n) is 2.45. The third kappa shape index (κ3) is 2.99. The van der Waals surface area contributed by atoms with Gasteiger partial charge in [0.15, 0.2) is 0 Å². The van der Waals surface area contributed by atoms with Crippen LogP contribution in [-0.4, -0.2) is 18.6 Å². The van der Waals surface area contributed by atoms with Gasteiger partial charge in [0.25, 0.3) is 0 Å². The summed E-state index contributed by atoms with van der Waals surface area (Å²) in [5, 5.41) is 0.273. The molecule has 2 rings (SSSR count). The van der Waals surface area contributed by atoms with Gasteiger partial charge in [-0.1, -0.05) is 29.3 Å². The van der Waals surface area contributed by atoms with Crippen LogP contribution in [0.5, 0.6) is 0 Å². The zero-order valence-electron chi connectivity index (χ0n) is 10.0. The molecule has 0 radical (unpaired) electrons. The molecule has 2 unspecified atom stereocenters. The second-order valence-corrected chi connectivity index (χ2v) is 5.40. The van der Waals surface area contributed by atoms with Gasteiger partial charge in [0.1, 0.15) is 0 Å². The molecule has 2 atom stereocenters. The number of hydrogen-bond donors (Lipinski definition) is 0. The van der Waals surface area contributed by atoms with Crippen LogP contribution >= 0.6 is 11.6 Å². The predicted molar refractivity (Wildman–Crippen MR) is 68.2 cm³/mol. The van der Waals surface area contributed by atoms with Crippen LogP contribution in [0.25, 0.3) is 0 Å². The highest BCUT2D eigenvalue weighted by molar-refractivity contribution is 6.20. The quantitative estimate of drug-likeness (QED) is 0.717. The summed E-state index contributed by atoms with van der Waals surface area (Å²) in [7, 11) is 0. The highest BCUT2D eigenvalue weighted by Gasteiger charge is 2.23. The topological polar surface area (TPSA) is 9.23 Å². The van der Waals surface area contributed by atoms with Gasteiger partial charge in [0.2, 0.25) is 0 Å². The molecule has 1 saturated heterocycles. The Kier molecular flexibility index (Phi) is 3.88. The van der Waals surface area contributed by atoms with E-state index < -0.39 is 0 Å². The Morgan fingerprint density at radius 2 is 1.94 bits per heavy atom. The number of aryl methyl sites for hydroxylation is 2. The monoisotopic (exact) mass is 238 g/mol. The highest BCUT2D eigenvalue weighted by Crippen LogP contribution is 2.24. The van der Waals surface area contributed by atoms with Crippen molar-refractivity contribution in [3.63, 3.8) is 0 Å². The summed E-state index contributed by atoms with van der Waals surface area (Å²) in [5.41, 5.74) is 4.05. The van der Waals surface area contributed by atoms with Crippen molar-refractivity contribution in [1.82, 2.24) is 0 Å². The van der Waals surface area contributed by atoms with Crippen molar-refractivity contribution >= 4 is 11.6 Å². The molecule has 2 heteroatoms. The fraction of sp³-hybridized carbons (Fsp3) is 0.571. The van der Waals surface area contributed by atoms with Gasteiger partial charge in [0, 0.05) is 17.9 Å². The standard InChI is InChI=1S/C14H19ClO/c1-10-5-11(2)7-12(6-10)8-13-9-16-4-3-14(13)15/h5-7,13-14H,3-4,8-9H2,1-2H3. The molecule has 1 nitrogen and oxygen atoms in total. The SMILES string of the molecule is Cc1cc(C)cc(CC2COCCC2Cl)c1. The van der Waals surface area contributed by atoms with Gasteiger partial charge < -0.3 is 4.74 Å². The molecule has 0 aliphatic carbocycles. The summed E-state index contributed by atoms with van der Waals surface area (Å²) < 4.78 is 5.50. The maximum atomic E-state index is 6.33. The van der Waals surface area contributed by atoms with Crippen molar-refractivity contribution in [2.24, 2.45) is 5.92 Å². The number of rotatable bonds is 2. The first kappa shape index (κ1) is 11.9. The lowest BCUT2D eigenvalue weighted by Crippen LogP contribution is -2.29. The van der Waals surface area contributed by atoms with Crippen molar-refractivity contribution < 1.29 is 4.74 Å². The molecule has 1 aliphatic rings. The van der Waals surface area contributed by atoms with E-state index in [1.165, 1.54) is 16.7 Å². The molecular formula is C14H19ClO. The maximum Gasteiger partial charge on any atom is 0.0511 e. The van der Waals surface area contributed by atoms with Gasteiger partial charge in [-0.3, -0.25) is 0 Å². The van der Waals surface area contributed by atoms with E-state index in [0.717, 1.165) is 26.1 Å². The third-order valence-corrected chi connectivity index (χ3v) is 3.74. The van der Waals surface area contributed by atoms with E-state index in [0.29, 0.717) is 5.92 Å². The first-order valence-corrected chi connectivity index (χ1v) is 6.38. The molecule has 0 saturated carbocycles. The molecule has 1 fully saturated rings. The zero-order chi connectivity index (χ0) is 11.5. The number of halogens is 1. The van der Waals surface area contributed by atoms with Gasteiger partial charge in [-0.25, -0.2) is 0 Å². The van der Waals surface area contributed by atoms with Crippen LogP contribution in [-0.2, 0) is 11.2 Å². The minimum absolute atomic E-state index is 0.273. The van der Waals surface area contributed by atoms with Crippen LogP contribution in [0.4, 0.5) is 0 Å². The normalized spacial score (nSPS) is 25.7.